The molecule has 86 valence electrons. The first-order valence-corrected chi connectivity index (χ1v) is 7.17. The van der Waals surface area contributed by atoms with Crippen LogP contribution in [0.5, 0.6) is 0 Å². The minimum absolute atomic E-state index is 0.0281. The fourth-order valence-electron chi connectivity index (χ4n) is 2.69. The van der Waals surface area contributed by atoms with E-state index in [2.05, 4.69) is 0 Å². The standard InChI is InChI=1S/C10H18NO3S/c1-10(2)8(7-15(10,13)14)9-5-3-4-6-11(9)12/h8-9H,3-7H2,1-2H3/q+1. The number of hydrogen-bond acceptors (Lipinski definition) is 3. The topological polar surface area (TPSA) is 54.2 Å². The van der Waals surface area contributed by atoms with Crippen LogP contribution in [-0.4, -0.2) is 36.3 Å². The molecule has 0 saturated carbocycles. The number of piperidine rings is 1. The van der Waals surface area contributed by atoms with Crippen molar-refractivity contribution in [2.45, 2.75) is 43.9 Å². The molecule has 2 fully saturated rings. The third kappa shape index (κ3) is 1.51. The Hall–Kier alpha value is -0.450. The van der Waals surface area contributed by atoms with Crippen LogP contribution < -0.4 is 0 Å². The summed E-state index contributed by atoms with van der Waals surface area (Å²) < 4.78 is 23.6. The zero-order valence-corrected chi connectivity index (χ0v) is 10.1. The second kappa shape index (κ2) is 3.27. The fraction of sp³-hybridized carbons (Fsp3) is 1.00. The first kappa shape index (κ1) is 11.0. The highest BCUT2D eigenvalue weighted by Gasteiger charge is 2.60. The van der Waals surface area contributed by atoms with Crippen LogP contribution in [0.3, 0.4) is 0 Å². The van der Waals surface area contributed by atoms with E-state index in [1.54, 1.807) is 13.8 Å². The number of rotatable bonds is 1. The molecule has 4 nitrogen and oxygen atoms in total. The maximum atomic E-state index is 11.6. The molecular weight excluding hydrogens is 214 g/mol. The van der Waals surface area contributed by atoms with E-state index >= 15 is 0 Å². The first-order chi connectivity index (χ1) is 6.86. The molecule has 2 saturated heterocycles. The lowest BCUT2D eigenvalue weighted by Crippen LogP contribution is -2.62. The van der Waals surface area contributed by atoms with Gasteiger partial charge in [-0.2, -0.15) is 0 Å². The molecule has 0 aromatic carbocycles. The minimum atomic E-state index is -2.95. The number of nitroso groups, excluding NO2 is 1. The molecule has 0 radical (unpaired) electrons. The van der Waals surface area contributed by atoms with E-state index in [1.165, 1.54) is 0 Å². The smallest absolute Gasteiger partial charge is 0.206 e. The highest BCUT2D eigenvalue weighted by atomic mass is 32.2. The molecular formula is C10H18NO3S+. The van der Waals surface area contributed by atoms with Crippen LogP contribution in [0.4, 0.5) is 0 Å². The summed E-state index contributed by atoms with van der Waals surface area (Å²) >= 11 is 0. The molecule has 0 spiro atoms. The lowest BCUT2D eigenvalue weighted by molar-refractivity contribution is -0.604. The largest absolute Gasteiger partial charge is 0.228 e. The predicted octanol–water partition coefficient (Wildman–Crippen LogP) is 1.14. The summed E-state index contributed by atoms with van der Waals surface area (Å²) in [6.07, 6.45) is 2.85. The fourth-order valence-corrected chi connectivity index (χ4v) is 4.64. The number of nitrogens with zero attached hydrogens (tertiary/aromatic N) is 1. The van der Waals surface area contributed by atoms with Crippen molar-refractivity contribution in [3.05, 3.63) is 4.91 Å². The molecule has 2 aliphatic heterocycles. The van der Waals surface area contributed by atoms with Gasteiger partial charge in [0.2, 0.25) is 6.04 Å². The Morgan fingerprint density at radius 1 is 1.27 bits per heavy atom. The van der Waals surface area contributed by atoms with Gasteiger partial charge in [-0.15, -0.1) is 0 Å². The van der Waals surface area contributed by atoms with Crippen molar-refractivity contribution >= 4 is 9.84 Å². The van der Waals surface area contributed by atoms with Gasteiger partial charge in [0, 0.05) is 22.5 Å². The first-order valence-electron chi connectivity index (χ1n) is 5.52. The van der Waals surface area contributed by atoms with Gasteiger partial charge in [0.25, 0.3) is 0 Å². The highest BCUT2D eigenvalue weighted by molar-refractivity contribution is 7.94. The number of hydrogen-bond donors (Lipinski definition) is 0. The van der Waals surface area contributed by atoms with Crippen molar-refractivity contribution in [1.82, 2.24) is 0 Å². The van der Waals surface area contributed by atoms with E-state index < -0.39 is 14.6 Å². The third-order valence-corrected chi connectivity index (χ3v) is 6.76. The number of sulfone groups is 1. The van der Waals surface area contributed by atoms with Gasteiger partial charge in [-0.25, -0.2) is 8.42 Å². The Kier molecular flexibility index (Phi) is 2.41. The van der Waals surface area contributed by atoms with Gasteiger partial charge < -0.3 is 0 Å². The van der Waals surface area contributed by atoms with Crippen LogP contribution in [-0.2, 0) is 9.84 Å². The maximum Gasteiger partial charge on any atom is 0.206 e. The summed E-state index contributed by atoms with van der Waals surface area (Å²) in [5, 5.41) is 0. The van der Waals surface area contributed by atoms with Gasteiger partial charge in [0.05, 0.1) is 16.4 Å². The van der Waals surface area contributed by atoms with Crippen LogP contribution in [0, 0.1) is 10.8 Å². The zero-order chi connectivity index (χ0) is 11.3. The molecule has 2 aliphatic rings. The van der Waals surface area contributed by atoms with Gasteiger partial charge >= 0.3 is 0 Å². The molecule has 0 aliphatic carbocycles. The van der Waals surface area contributed by atoms with E-state index in [0.29, 0.717) is 6.54 Å². The maximum absolute atomic E-state index is 11.6. The molecule has 0 N–H and O–H groups in total. The van der Waals surface area contributed by atoms with E-state index in [1.807, 2.05) is 0 Å². The van der Waals surface area contributed by atoms with E-state index in [0.717, 1.165) is 24.0 Å². The Bertz CT molecular complexity index is 385. The van der Waals surface area contributed by atoms with Gasteiger partial charge in [-0.1, -0.05) is 0 Å². The summed E-state index contributed by atoms with van der Waals surface area (Å²) in [6.45, 7) is 4.06. The quantitative estimate of drug-likeness (QED) is 0.637. The molecule has 2 rings (SSSR count). The van der Waals surface area contributed by atoms with E-state index in [-0.39, 0.29) is 17.7 Å². The summed E-state index contributed by atoms with van der Waals surface area (Å²) in [5.74, 6) is 0.226. The average molecular weight is 232 g/mol. The molecule has 0 aromatic rings. The minimum Gasteiger partial charge on any atom is -0.228 e. The van der Waals surface area contributed by atoms with Crippen molar-refractivity contribution in [2.24, 2.45) is 5.92 Å². The molecule has 2 heterocycles. The lowest BCUT2D eigenvalue weighted by Gasteiger charge is -2.44. The molecule has 15 heavy (non-hydrogen) atoms. The summed E-state index contributed by atoms with van der Waals surface area (Å²) in [4.78, 5) is 11.6. The molecule has 5 heteroatoms. The lowest BCUT2D eigenvalue weighted by atomic mass is 9.83. The van der Waals surface area contributed by atoms with E-state index in [4.69, 9.17) is 0 Å². The second-order valence-corrected chi connectivity index (χ2v) is 7.81. The average Bonchev–Trinajstić information content (AvgIpc) is 2.16. The van der Waals surface area contributed by atoms with Gasteiger partial charge in [0.1, 0.15) is 0 Å². The van der Waals surface area contributed by atoms with Crippen molar-refractivity contribution in [2.75, 3.05) is 12.3 Å². The molecule has 0 bridgehead atoms. The highest BCUT2D eigenvalue weighted by Crippen LogP contribution is 2.43. The van der Waals surface area contributed by atoms with Gasteiger partial charge in [-0.3, -0.25) is 0 Å². The zero-order valence-electron chi connectivity index (χ0n) is 9.27. The summed E-state index contributed by atoms with van der Waals surface area (Å²) in [7, 11) is -2.95. The second-order valence-electron chi connectivity index (χ2n) is 5.20. The predicted molar refractivity (Wildman–Crippen MR) is 57.5 cm³/mol. The normalized spacial score (nSPS) is 38.4. The van der Waals surface area contributed by atoms with E-state index in [9.17, 15) is 13.3 Å². The Balaban J connectivity index is 2.17. The van der Waals surface area contributed by atoms with Crippen molar-refractivity contribution < 1.29 is 13.2 Å². The van der Waals surface area contributed by atoms with Crippen molar-refractivity contribution in [3.8, 4) is 0 Å². The summed E-state index contributed by atoms with van der Waals surface area (Å²) in [5.41, 5.74) is 0. The molecule has 0 amide bonds. The Labute approximate surface area is 90.5 Å². The SMILES string of the molecule is CC1(C)C(C2CCCC[N+]2=O)CS1(=O)=O. The molecule has 0 aromatic heterocycles. The van der Waals surface area contributed by atoms with Crippen molar-refractivity contribution in [3.63, 3.8) is 0 Å². The monoisotopic (exact) mass is 232 g/mol. The van der Waals surface area contributed by atoms with Crippen molar-refractivity contribution in [1.29, 1.82) is 0 Å². The van der Waals surface area contributed by atoms with Gasteiger partial charge in [0.15, 0.2) is 16.4 Å². The van der Waals surface area contributed by atoms with Crippen LogP contribution in [0.15, 0.2) is 0 Å². The third-order valence-electron chi connectivity index (χ3n) is 4.06. The Morgan fingerprint density at radius 3 is 2.40 bits per heavy atom. The summed E-state index contributed by atoms with van der Waals surface area (Å²) in [6, 6.07) is -0.0720. The van der Waals surface area contributed by atoms with Crippen LogP contribution in [0.2, 0.25) is 0 Å². The molecule has 2 atom stereocenters. The Morgan fingerprint density at radius 2 is 1.93 bits per heavy atom. The van der Waals surface area contributed by atoms with Crippen LogP contribution in [0.1, 0.15) is 33.1 Å². The molecule has 2 unspecified atom stereocenters. The van der Waals surface area contributed by atoms with Gasteiger partial charge in [-0.05, 0) is 20.3 Å². The van der Waals surface area contributed by atoms with Crippen LogP contribution in [0.25, 0.3) is 0 Å². The van der Waals surface area contributed by atoms with Crippen LogP contribution >= 0.6 is 0 Å².